The van der Waals surface area contributed by atoms with E-state index in [0.29, 0.717) is 12.9 Å². The Morgan fingerprint density at radius 1 is 1.80 bits per heavy atom. The third-order valence-electron chi connectivity index (χ3n) is 0.771. The highest BCUT2D eigenvalue weighted by molar-refractivity contribution is 5.73. The molecule has 0 aromatic carbocycles. The number of carbonyl (C=O) groups is 2. The number of hydroxylamine groups is 2. The van der Waals surface area contributed by atoms with Crippen molar-refractivity contribution in [1.82, 2.24) is 5.06 Å². The van der Waals surface area contributed by atoms with E-state index in [1.165, 1.54) is 0 Å². The molecule has 0 atom stereocenters. The summed E-state index contributed by atoms with van der Waals surface area (Å²) in [6, 6.07) is -0.756. The fraction of sp³-hybridized carbons (Fsp3) is 0.600. The van der Waals surface area contributed by atoms with Gasteiger partial charge in [-0.1, -0.05) is 0 Å². The molecule has 0 heterocycles. The minimum atomic E-state index is -0.756. The Morgan fingerprint density at radius 3 is 2.70 bits per heavy atom. The maximum Gasteiger partial charge on any atom is 0.339 e. The van der Waals surface area contributed by atoms with Gasteiger partial charge in [0, 0.05) is 0 Å². The first kappa shape index (κ1) is 8.90. The van der Waals surface area contributed by atoms with Crippen molar-refractivity contribution >= 4 is 12.3 Å². The van der Waals surface area contributed by atoms with E-state index >= 15 is 0 Å². The van der Waals surface area contributed by atoms with Crippen LogP contribution < -0.4 is 5.73 Å². The van der Waals surface area contributed by atoms with Crippen LogP contribution in [0.25, 0.3) is 0 Å². The van der Waals surface area contributed by atoms with E-state index < -0.39 is 6.03 Å². The van der Waals surface area contributed by atoms with Gasteiger partial charge in [-0.2, -0.15) is 5.06 Å². The lowest BCUT2D eigenvalue weighted by atomic mass is 10.7. The molecule has 5 heteroatoms. The van der Waals surface area contributed by atoms with Crippen LogP contribution in [-0.4, -0.2) is 30.5 Å². The molecule has 0 unspecified atom stereocenters. The predicted molar refractivity (Wildman–Crippen MR) is 34.0 cm³/mol. The lowest BCUT2D eigenvalue weighted by molar-refractivity contribution is -0.129. The molecule has 58 valence electrons. The Labute approximate surface area is 58.7 Å². The highest BCUT2D eigenvalue weighted by Crippen LogP contribution is 1.86. The van der Waals surface area contributed by atoms with Crippen molar-refractivity contribution in [3.8, 4) is 0 Å². The predicted octanol–water partition coefficient (Wildman–Crippen LogP) is -0.482. The average Bonchev–Trinajstić information content (AvgIpc) is 1.87. The van der Waals surface area contributed by atoms with Crippen LogP contribution in [0.2, 0.25) is 0 Å². The summed E-state index contributed by atoms with van der Waals surface area (Å²) in [6.07, 6.45) is 0.542. The number of nitrogens with zero attached hydrogens (tertiary/aromatic N) is 1. The zero-order valence-corrected chi connectivity index (χ0v) is 5.74. The number of aldehydes is 1. The molecule has 0 rings (SSSR count). The van der Waals surface area contributed by atoms with Crippen molar-refractivity contribution in [2.24, 2.45) is 5.73 Å². The average molecular weight is 146 g/mol. The zero-order chi connectivity index (χ0) is 7.98. The van der Waals surface area contributed by atoms with Gasteiger partial charge in [-0.15, -0.1) is 0 Å². The van der Waals surface area contributed by atoms with E-state index in [2.05, 4.69) is 4.84 Å². The molecule has 0 bridgehead atoms. The molecule has 0 aromatic rings. The summed E-state index contributed by atoms with van der Waals surface area (Å²) in [5.41, 5.74) is 4.81. The second kappa shape index (κ2) is 4.75. The Bertz CT molecular complexity index is 126. The maximum atomic E-state index is 10.3. The maximum absolute atomic E-state index is 10.3. The number of hydrogen-bond acceptors (Lipinski definition) is 3. The molecule has 0 aliphatic rings. The molecule has 0 aliphatic heterocycles. The van der Waals surface area contributed by atoms with Gasteiger partial charge >= 0.3 is 6.03 Å². The minimum absolute atomic E-state index is 0.122. The molecule has 2 N–H and O–H groups in total. The number of primary amides is 1. The van der Waals surface area contributed by atoms with Gasteiger partial charge in [0.15, 0.2) is 0 Å². The second-order valence-electron chi connectivity index (χ2n) is 1.48. The molecule has 0 saturated carbocycles. The Morgan fingerprint density at radius 2 is 2.40 bits per heavy atom. The summed E-state index contributed by atoms with van der Waals surface area (Å²) in [5, 5.41) is 0.799. The number of hydrogen-bond donors (Lipinski definition) is 1. The lowest BCUT2D eigenvalue weighted by Crippen LogP contribution is -2.37. The smallest absolute Gasteiger partial charge is 0.339 e. The van der Waals surface area contributed by atoms with Crippen molar-refractivity contribution in [3.63, 3.8) is 0 Å². The standard InChI is InChI=1S/C5H10N2O3/c1-2-10-7(3-4-8)5(6)9/h4H,2-3H2,1H3,(H2,6,9). The van der Waals surface area contributed by atoms with Crippen LogP contribution in [0.5, 0.6) is 0 Å². The van der Waals surface area contributed by atoms with E-state index in [0.717, 1.165) is 5.06 Å². The van der Waals surface area contributed by atoms with Gasteiger partial charge in [-0.05, 0) is 6.92 Å². The quantitative estimate of drug-likeness (QED) is 0.430. The Balaban J connectivity index is 3.71. The van der Waals surface area contributed by atoms with Crippen molar-refractivity contribution in [2.45, 2.75) is 6.92 Å². The number of nitrogens with two attached hydrogens (primary N) is 1. The van der Waals surface area contributed by atoms with Crippen molar-refractivity contribution in [3.05, 3.63) is 0 Å². The number of carbonyl (C=O) groups excluding carboxylic acids is 2. The van der Waals surface area contributed by atoms with Crippen molar-refractivity contribution in [2.75, 3.05) is 13.2 Å². The molecule has 0 fully saturated rings. The van der Waals surface area contributed by atoms with Gasteiger partial charge in [-0.3, -0.25) is 4.84 Å². The first-order valence-electron chi connectivity index (χ1n) is 2.85. The molecule has 5 nitrogen and oxygen atoms in total. The van der Waals surface area contributed by atoms with Gasteiger partial charge in [-0.25, -0.2) is 4.79 Å². The Hall–Kier alpha value is -1.10. The lowest BCUT2D eigenvalue weighted by Gasteiger charge is -2.14. The van der Waals surface area contributed by atoms with Gasteiger partial charge < -0.3 is 10.5 Å². The zero-order valence-electron chi connectivity index (χ0n) is 5.74. The second-order valence-corrected chi connectivity index (χ2v) is 1.48. The number of urea groups is 1. The van der Waals surface area contributed by atoms with Crippen LogP contribution in [0.3, 0.4) is 0 Å². The number of amides is 2. The summed E-state index contributed by atoms with van der Waals surface area (Å²) in [5.74, 6) is 0. The fourth-order valence-corrected chi connectivity index (χ4v) is 0.430. The largest absolute Gasteiger partial charge is 0.350 e. The molecule has 0 radical (unpaired) electrons. The summed E-state index contributed by atoms with van der Waals surface area (Å²) in [6.45, 7) is 1.89. The molecule has 2 amide bonds. The molecule has 0 saturated heterocycles. The van der Waals surface area contributed by atoms with E-state index in [9.17, 15) is 9.59 Å². The number of rotatable bonds is 4. The molecular formula is C5H10N2O3. The van der Waals surface area contributed by atoms with Crippen LogP contribution in [0, 0.1) is 0 Å². The summed E-state index contributed by atoms with van der Waals surface area (Å²) in [4.78, 5) is 24.9. The molecule has 0 aliphatic carbocycles. The highest BCUT2D eigenvalue weighted by Gasteiger charge is 2.06. The van der Waals surface area contributed by atoms with Gasteiger partial charge in [0.2, 0.25) is 0 Å². The van der Waals surface area contributed by atoms with Crippen LogP contribution >= 0.6 is 0 Å². The topological polar surface area (TPSA) is 72.6 Å². The minimum Gasteiger partial charge on any atom is -0.350 e. The van der Waals surface area contributed by atoms with Crippen LogP contribution in [0.4, 0.5) is 4.79 Å². The van der Waals surface area contributed by atoms with E-state index in [1.807, 2.05) is 0 Å². The van der Waals surface area contributed by atoms with E-state index in [4.69, 9.17) is 5.73 Å². The third kappa shape index (κ3) is 3.03. The first-order chi connectivity index (χ1) is 4.72. The molecule has 0 aromatic heterocycles. The first-order valence-corrected chi connectivity index (χ1v) is 2.85. The van der Waals surface area contributed by atoms with Crippen molar-refractivity contribution < 1.29 is 14.4 Å². The van der Waals surface area contributed by atoms with Crippen LogP contribution in [0.1, 0.15) is 6.92 Å². The van der Waals surface area contributed by atoms with E-state index in [-0.39, 0.29) is 6.54 Å². The van der Waals surface area contributed by atoms with Gasteiger partial charge in [0.25, 0.3) is 0 Å². The fourth-order valence-electron chi connectivity index (χ4n) is 0.430. The SMILES string of the molecule is CCON(CC=O)C(N)=O. The molecule has 10 heavy (non-hydrogen) atoms. The van der Waals surface area contributed by atoms with Crippen molar-refractivity contribution in [1.29, 1.82) is 0 Å². The molecule has 0 spiro atoms. The van der Waals surface area contributed by atoms with E-state index in [1.54, 1.807) is 6.92 Å². The van der Waals surface area contributed by atoms with Gasteiger partial charge in [0.05, 0.1) is 6.61 Å². The third-order valence-corrected chi connectivity index (χ3v) is 0.771. The normalized spacial score (nSPS) is 8.90. The van der Waals surface area contributed by atoms with Crippen LogP contribution in [0.15, 0.2) is 0 Å². The summed E-state index contributed by atoms with van der Waals surface area (Å²) < 4.78 is 0. The Kier molecular flexibility index (Phi) is 4.23. The summed E-state index contributed by atoms with van der Waals surface area (Å²) in [7, 11) is 0. The summed E-state index contributed by atoms with van der Waals surface area (Å²) >= 11 is 0. The van der Waals surface area contributed by atoms with Gasteiger partial charge in [0.1, 0.15) is 12.8 Å². The molecular weight excluding hydrogens is 136 g/mol. The monoisotopic (exact) mass is 146 g/mol. The highest BCUT2D eigenvalue weighted by atomic mass is 16.7. The van der Waals surface area contributed by atoms with Crippen LogP contribution in [-0.2, 0) is 9.63 Å².